The number of aliphatic imine (C=N–C) groups is 1. The third kappa shape index (κ3) is 1.09. The molecule has 5 heteroatoms. The molecule has 2 heterocycles. The SMILES string of the molecule is CC1=CC(C)=Nc2nonc2N1. The lowest BCUT2D eigenvalue weighted by atomic mass is 10.3. The minimum absolute atomic E-state index is 0.501. The average molecular weight is 164 g/mol. The Kier molecular flexibility index (Phi) is 1.43. The van der Waals surface area contributed by atoms with Crippen LogP contribution in [0.1, 0.15) is 13.8 Å². The fourth-order valence-corrected chi connectivity index (χ4v) is 1.07. The molecule has 0 bridgehead atoms. The minimum atomic E-state index is 0.501. The normalized spacial score (nSPS) is 15.5. The van der Waals surface area contributed by atoms with E-state index in [4.69, 9.17) is 0 Å². The van der Waals surface area contributed by atoms with Crippen molar-refractivity contribution in [3.63, 3.8) is 0 Å². The van der Waals surface area contributed by atoms with Crippen LogP contribution in [0.3, 0.4) is 0 Å². The van der Waals surface area contributed by atoms with Gasteiger partial charge in [0.2, 0.25) is 11.6 Å². The van der Waals surface area contributed by atoms with E-state index in [1.54, 1.807) is 0 Å². The first-order valence-electron chi connectivity index (χ1n) is 3.59. The van der Waals surface area contributed by atoms with Gasteiger partial charge in [-0.3, -0.25) is 0 Å². The van der Waals surface area contributed by atoms with Crippen LogP contribution < -0.4 is 5.32 Å². The van der Waals surface area contributed by atoms with E-state index in [-0.39, 0.29) is 0 Å². The van der Waals surface area contributed by atoms with Crippen LogP contribution in [-0.4, -0.2) is 16.0 Å². The van der Waals surface area contributed by atoms with Crippen LogP contribution in [-0.2, 0) is 0 Å². The second-order valence-corrected chi connectivity index (χ2v) is 2.64. The number of hydrogen-bond donors (Lipinski definition) is 1. The standard InChI is InChI=1S/C7H8N4O/c1-4-3-5(2)9-7-6(8-4)10-12-11-7/h3H,1-2H3,(H,8,10). The van der Waals surface area contributed by atoms with E-state index in [9.17, 15) is 0 Å². The number of nitrogens with zero attached hydrogens (tertiary/aromatic N) is 3. The van der Waals surface area contributed by atoms with Gasteiger partial charge in [-0.2, -0.15) is 0 Å². The van der Waals surface area contributed by atoms with E-state index in [1.807, 2.05) is 19.9 Å². The summed E-state index contributed by atoms with van der Waals surface area (Å²) < 4.78 is 4.52. The van der Waals surface area contributed by atoms with Crippen molar-refractivity contribution in [2.45, 2.75) is 13.8 Å². The molecule has 0 spiro atoms. The molecule has 1 N–H and O–H groups in total. The Labute approximate surface area is 69.1 Å². The largest absolute Gasteiger partial charge is 0.338 e. The van der Waals surface area contributed by atoms with Crippen molar-refractivity contribution in [2.24, 2.45) is 4.99 Å². The van der Waals surface area contributed by atoms with Gasteiger partial charge in [0.1, 0.15) is 0 Å². The summed E-state index contributed by atoms with van der Waals surface area (Å²) in [6, 6.07) is 0. The van der Waals surface area contributed by atoms with Gasteiger partial charge in [0.25, 0.3) is 0 Å². The Hall–Kier alpha value is -1.65. The second-order valence-electron chi connectivity index (χ2n) is 2.64. The van der Waals surface area contributed by atoms with Gasteiger partial charge in [0, 0.05) is 11.4 Å². The van der Waals surface area contributed by atoms with Crippen molar-refractivity contribution in [3.8, 4) is 0 Å². The number of hydrogen-bond acceptors (Lipinski definition) is 5. The third-order valence-corrected chi connectivity index (χ3v) is 1.49. The van der Waals surface area contributed by atoms with E-state index in [2.05, 4.69) is 25.3 Å². The van der Waals surface area contributed by atoms with Crippen LogP contribution in [0.5, 0.6) is 0 Å². The van der Waals surface area contributed by atoms with E-state index in [0.29, 0.717) is 11.6 Å². The maximum absolute atomic E-state index is 4.52. The van der Waals surface area contributed by atoms with Gasteiger partial charge in [-0.05, 0) is 30.2 Å². The molecule has 0 amide bonds. The number of rotatable bonds is 0. The topological polar surface area (TPSA) is 63.3 Å². The molecule has 0 saturated heterocycles. The van der Waals surface area contributed by atoms with Gasteiger partial charge in [-0.1, -0.05) is 0 Å². The molecule has 2 rings (SSSR count). The molecule has 12 heavy (non-hydrogen) atoms. The van der Waals surface area contributed by atoms with Gasteiger partial charge < -0.3 is 5.32 Å². The van der Waals surface area contributed by atoms with Gasteiger partial charge in [-0.25, -0.2) is 9.62 Å². The molecule has 0 saturated carbocycles. The van der Waals surface area contributed by atoms with Crippen molar-refractivity contribution in [1.82, 2.24) is 10.3 Å². The zero-order valence-electron chi connectivity index (χ0n) is 6.83. The van der Waals surface area contributed by atoms with E-state index < -0.39 is 0 Å². The Morgan fingerprint density at radius 2 is 2.17 bits per heavy atom. The zero-order valence-corrected chi connectivity index (χ0v) is 6.83. The van der Waals surface area contributed by atoms with Crippen LogP contribution >= 0.6 is 0 Å². The Bertz CT molecular complexity index is 363. The first-order chi connectivity index (χ1) is 5.75. The number of allylic oxidation sites excluding steroid dienone is 2. The molecule has 0 unspecified atom stereocenters. The molecular weight excluding hydrogens is 156 g/mol. The first-order valence-corrected chi connectivity index (χ1v) is 3.59. The maximum Gasteiger partial charge on any atom is 0.241 e. The van der Waals surface area contributed by atoms with Crippen molar-refractivity contribution in [2.75, 3.05) is 5.32 Å². The van der Waals surface area contributed by atoms with Crippen LogP contribution in [0, 0.1) is 0 Å². The van der Waals surface area contributed by atoms with Crippen LogP contribution in [0.15, 0.2) is 21.4 Å². The molecule has 1 aromatic rings. The summed E-state index contributed by atoms with van der Waals surface area (Å²) in [5.74, 6) is 1.07. The summed E-state index contributed by atoms with van der Waals surface area (Å²) >= 11 is 0. The Balaban J connectivity index is 2.52. The predicted octanol–water partition coefficient (Wildman–Crippen LogP) is 1.49. The first kappa shape index (κ1) is 7.02. The zero-order chi connectivity index (χ0) is 8.55. The van der Waals surface area contributed by atoms with E-state index in [1.165, 1.54) is 0 Å². The van der Waals surface area contributed by atoms with E-state index in [0.717, 1.165) is 11.4 Å². The summed E-state index contributed by atoms with van der Waals surface area (Å²) in [6.45, 7) is 3.83. The smallest absolute Gasteiger partial charge is 0.241 e. The highest BCUT2D eigenvalue weighted by molar-refractivity contribution is 5.97. The fourth-order valence-electron chi connectivity index (χ4n) is 1.07. The molecule has 1 aliphatic rings. The molecule has 0 fully saturated rings. The highest BCUT2D eigenvalue weighted by atomic mass is 16.6. The third-order valence-electron chi connectivity index (χ3n) is 1.49. The Morgan fingerprint density at radius 3 is 3.00 bits per heavy atom. The molecular formula is C7H8N4O. The summed E-state index contributed by atoms with van der Waals surface area (Å²) in [5, 5.41) is 10.3. The number of aromatic nitrogens is 2. The molecule has 0 aliphatic carbocycles. The quantitative estimate of drug-likeness (QED) is 0.631. The van der Waals surface area contributed by atoms with E-state index >= 15 is 0 Å². The number of anilines is 1. The highest BCUT2D eigenvalue weighted by Gasteiger charge is 2.11. The average Bonchev–Trinajstić information content (AvgIpc) is 2.31. The van der Waals surface area contributed by atoms with Crippen molar-refractivity contribution in [1.29, 1.82) is 0 Å². The van der Waals surface area contributed by atoms with Crippen molar-refractivity contribution in [3.05, 3.63) is 11.8 Å². The number of nitrogens with one attached hydrogen (secondary N) is 1. The highest BCUT2D eigenvalue weighted by Crippen LogP contribution is 2.23. The van der Waals surface area contributed by atoms with Crippen LogP contribution in [0.4, 0.5) is 11.6 Å². The molecule has 0 atom stereocenters. The second kappa shape index (κ2) is 2.44. The Morgan fingerprint density at radius 1 is 1.33 bits per heavy atom. The monoisotopic (exact) mass is 164 g/mol. The number of fused-ring (bicyclic) bond motifs is 1. The van der Waals surface area contributed by atoms with Gasteiger partial charge in [-0.15, -0.1) is 0 Å². The van der Waals surface area contributed by atoms with Gasteiger partial charge >= 0.3 is 0 Å². The van der Waals surface area contributed by atoms with Crippen molar-refractivity contribution >= 4 is 17.3 Å². The van der Waals surface area contributed by atoms with Crippen LogP contribution in [0.2, 0.25) is 0 Å². The summed E-state index contributed by atoms with van der Waals surface area (Å²) in [4.78, 5) is 4.16. The molecule has 1 aliphatic heterocycles. The lowest BCUT2D eigenvalue weighted by molar-refractivity contribution is 0.310. The fraction of sp³-hybridized carbons (Fsp3) is 0.286. The summed E-state index contributed by atoms with van der Waals surface area (Å²) in [7, 11) is 0. The lowest BCUT2D eigenvalue weighted by Crippen LogP contribution is -1.95. The molecule has 5 nitrogen and oxygen atoms in total. The minimum Gasteiger partial charge on any atom is -0.338 e. The summed E-state index contributed by atoms with van der Waals surface area (Å²) in [6.07, 6.45) is 1.92. The lowest BCUT2D eigenvalue weighted by Gasteiger charge is -1.96. The molecule has 1 aromatic heterocycles. The van der Waals surface area contributed by atoms with Crippen LogP contribution in [0.25, 0.3) is 0 Å². The van der Waals surface area contributed by atoms with Gasteiger partial charge in [0.15, 0.2) is 0 Å². The van der Waals surface area contributed by atoms with Crippen molar-refractivity contribution < 1.29 is 4.63 Å². The van der Waals surface area contributed by atoms with Gasteiger partial charge in [0.05, 0.1) is 0 Å². The summed E-state index contributed by atoms with van der Waals surface area (Å²) in [5.41, 5.74) is 1.86. The molecule has 0 radical (unpaired) electrons. The molecule has 0 aromatic carbocycles. The maximum atomic E-state index is 4.52. The predicted molar refractivity (Wildman–Crippen MR) is 44.4 cm³/mol. The molecule has 62 valence electrons.